The van der Waals surface area contributed by atoms with E-state index in [1.807, 2.05) is 24.3 Å². The lowest BCUT2D eigenvalue weighted by Gasteiger charge is -2.32. The number of hydrogen-bond acceptors (Lipinski definition) is 10. The molecule has 8 atom stereocenters. The molecule has 16 heteroatoms. The molecule has 2 aliphatic carbocycles. The van der Waals surface area contributed by atoms with Crippen molar-refractivity contribution in [2.45, 2.75) is 191 Å². The Kier molecular flexibility index (Phi) is 21.3. The molecule has 410 valence electrons. The van der Waals surface area contributed by atoms with Crippen LogP contribution in [0.5, 0.6) is 0 Å². The van der Waals surface area contributed by atoms with Crippen LogP contribution in [0.3, 0.4) is 0 Å². The normalized spacial score (nSPS) is 20.5. The molecule has 0 radical (unpaired) electrons. The van der Waals surface area contributed by atoms with Gasteiger partial charge in [0.1, 0.15) is 24.2 Å². The molecule has 3 aromatic rings. The highest BCUT2D eigenvalue weighted by Gasteiger charge is 2.41. The van der Waals surface area contributed by atoms with Gasteiger partial charge in [0.25, 0.3) is 0 Å². The topological polar surface area (TPSA) is 215 Å². The number of carbonyl (C=O) groups is 8. The molecule has 3 aromatic carbocycles. The Morgan fingerprint density at radius 3 is 1.36 bits per heavy atom. The van der Waals surface area contributed by atoms with Crippen molar-refractivity contribution in [1.82, 2.24) is 41.7 Å². The number of aryl methyl sites for hydroxylation is 2. The average molecular weight is 1040 g/mol. The average Bonchev–Trinajstić information content (AvgIpc) is 4.16. The maximum absolute atomic E-state index is 14.2. The van der Waals surface area contributed by atoms with E-state index in [2.05, 4.69) is 56.2 Å². The van der Waals surface area contributed by atoms with E-state index in [-0.39, 0.29) is 71.9 Å². The number of likely N-dealkylation sites (N-methyl/N-ethyl adjacent to an activating group) is 2. The first-order valence-electron chi connectivity index (χ1n) is 28.3. The Morgan fingerprint density at radius 1 is 0.513 bits per heavy atom. The van der Waals surface area contributed by atoms with Gasteiger partial charge >= 0.3 is 0 Å². The number of rotatable bonds is 26. The monoisotopic (exact) mass is 1040 g/mol. The minimum atomic E-state index is -0.824. The third kappa shape index (κ3) is 15.0. The van der Waals surface area contributed by atoms with Gasteiger partial charge in [-0.1, -0.05) is 92.4 Å². The second-order valence-corrected chi connectivity index (χ2v) is 21.5. The summed E-state index contributed by atoms with van der Waals surface area (Å²) in [4.78, 5) is 112. The Hall–Kier alpha value is -6.26. The van der Waals surface area contributed by atoms with Crippen LogP contribution in [0.1, 0.15) is 184 Å². The molecular weight excluding hydrogens is 961 g/mol. The summed E-state index contributed by atoms with van der Waals surface area (Å²) in [6.45, 7) is 4.32. The first-order chi connectivity index (χ1) is 36.8. The largest absolute Gasteiger partial charge is 0.347 e. The molecule has 0 saturated carbocycles. The van der Waals surface area contributed by atoms with Crippen molar-refractivity contribution in [2.24, 2.45) is 0 Å². The van der Waals surface area contributed by atoms with Crippen LogP contribution in [-0.2, 0) is 41.6 Å². The zero-order chi connectivity index (χ0) is 54.1. The fraction of sp³-hybridized carbons (Fsp3) is 0.567. The summed E-state index contributed by atoms with van der Waals surface area (Å²) in [6, 6.07) is 19.0. The van der Waals surface area contributed by atoms with Gasteiger partial charge in [0.15, 0.2) is 11.6 Å². The summed E-state index contributed by atoms with van der Waals surface area (Å²) in [7, 11) is 3.36. The Morgan fingerprint density at radius 2 is 0.934 bits per heavy atom. The Balaban J connectivity index is 0.862. The van der Waals surface area contributed by atoms with E-state index in [0.717, 1.165) is 49.7 Å². The van der Waals surface area contributed by atoms with E-state index in [1.165, 1.54) is 11.1 Å². The first kappa shape index (κ1) is 57.4. The van der Waals surface area contributed by atoms with Crippen LogP contribution in [0.2, 0.25) is 0 Å². The van der Waals surface area contributed by atoms with Gasteiger partial charge in [-0.3, -0.25) is 38.4 Å². The number of benzene rings is 3. The van der Waals surface area contributed by atoms with Crippen molar-refractivity contribution in [3.8, 4) is 0 Å². The fourth-order valence-electron chi connectivity index (χ4n) is 11.5. The number of carbonyl (C=O) groups excluding carboxylic acids is 8. The van der Waals surface area contributed by atoms with E-state index in [0.29, 0.717) is 101 Å². The quantitative estimate of drug-likeness (QED) is 0.0379. The molecule has 0 spiro atoms. The third-order valence-electron chi connectivity index (χ3n) is 16.2. The van der Waals surface area contributed by atoms with Crippen LogP contribution in [-0.4, -0.2) is 120 Å². The minimum absolute atomic E-state index is 0.0904. The number of likely N-dealkylation sites (tertiary alicyclic amines) is 2. The molecule has 6 N–H and O–H groups in total. The standard InChI is InChI=1S/C60H82N8O8/c1-39(61-3)55(71)65-49(59(75)67-36-18-32-51(67)57(73)63-47-30-16-22-41-20-11-13-26-45(41)47)28-7-5-9-34-53(69)43-24-15-25-44(38-43)54(70)35-10-6-8-29-50(66-56(72)40(2)62-4)60(76)68-37-19-33-52(68)58(74)64-48-31-17-23-42-21-12-14-27-46(42)48/h11-15,20-21,24-27,38-40,47-52,61-62H,5-10,16-19,22-23,28-37H2,1-4H3,(H,63,73)(H,64,74)(H,65,71)(H,66,72)/t39-,40-,47+,48+,49-,50-,51-,52-/m0/s1. The maximum atomic E-state index is 14.2. The highest BCUT2D eigenvalue weighted by molar-refractivity contribution is 6.01. The van der Waals surface area contributed by atoms with E-state index in [1.54, 1.807) is 62.0 Å². The summed E-state index contributed by atoms with van der Waals surface area (Å²) < 4.78 is 0. The van der Waals surface area contributed by atoms with Crippen molar-refractivity contribution < 1.29 is 38.4 Å². The number of nitrogens with zero attached hydrogens (tertiary/aromatic N) is 2. The molecular formula is C60H82N8O8. The summed E-state index contributed by atoms with van der Waals surface area (Å²) >= 11 is 0. The van der Waals surface area contributed by atoms with E-state index in [4.69, 9.17) is 0 Å². The first-order valence-corrected chi connectivity index (χ1v) is 28.3. The fourth-order valence-corrected chi connectivity index (χ4v) is 11.5. The van der Waals surface area contributed by atoms with Crippen molar-refractivity contribution in [3.63, 3.8) is 0 Å². The Bertz CT molecular complexity index is 2370. The highest BCUT2D eigenvalue weighted by Crippen LogP contribution is 2.32. The van der Waals surface area contributed by atoms with E-state index < -0.39 is 36.3 Å². The van der Waals surface area contributed by atoms with Crippen molar-refractivity contribution in [1.29, 1.82) is 0 Å². The second-order valence-electron chi connectivity index (χ2n) is 21.5. The molecule has 7 rings (SSSR count). The maximum Gasteiger partial charge on any atom is 0.245 e. The van der Waals surface area contributed by atoms with Gasteiger partial charge in [-0.05, 0) is 146 Å². The van der Waals surface area contributed by atoms with Crippen molar-refractivity contribution in [2.75, 3.05) is 27.2 Å². The lowest BCUT2D eigenvalue weighted by atomic mass is 9.87. The van der Waals surface area contributed by atoms with E-state index in [9.17, 15) is 38.4 Å². The van der Waals surface area contributed by atoms with Gasteiger partial charge in [-0.25, -0.2) is 0 Å². The third-order valence-corrected chi connectivity index (χ3v) is 16.2. The molecule has 2 heterocycles. The second kappa shape index (κ2) is 28.2. The van der Waals surface area contributed by atoms with Gasteiger partial charge in [0.05, 0.1) is 24.2 Å². The Labute approximate surface area is 449 Å². The molecule has 16 nitrogen and oxygen atoms in total. The van der Waals surface area contributed by atoms with Crippen LogP contribution in [0.4, 0.5) is 0 Å². The molecule has 0 bridgehead atoms. The molecule has 2 aliphatic heterocycles. The number of nitrogens with one attached hydrogen (secondary N) is 6. The smallest absolute Gasteiger partial charge is 0.245 e. The van der Waals surface area contributed by atoms with Crippen LogP contribution in [0.25, 0.3) is 0 Å². The predicted octanol–water partition coefficient (Wildman–Crippen LogP) is 6.51. The van der Waals surface area contributed by atoms with Gasteiger partial charge in [0, 0.05) is 37.1 Å². The number of unbranched alkanes of at least 4 members (excludes halogenated alkanes) is 4. The van der Waals surface area contributed by atoms with Crippen molar-refractivity contribution >= 4 is 47.0 Å². The summed E-state index contributed by atoms with van der Waals surface area (Å²) in [5, 5.41) is 18.2. The lowest BCUT2D eigenvalue weighted by Crippen LogP contribution is -2.55. The van der Waals surface area contributed by atoms with Crippen LogP contribution < -0.4 is 31.9 Å². The SMILES string of the molecule is CN[C@@H](C)C(=O)N[C@@H](CCCCCC(=O)c1cccc(C(=O)CCCCC[C@H](NC(=O)[C@H](C)NC)C(=O)N2CCC[C@H]2C(=O)N[C@@H]2CCCc3ccccc32)c1)C(=O)N1CCC[C@H]1C(=O)N[C@@H]1CCCc2ccccc21. The van der Waals surface area contributed by atoms with Crippen LogP contribution >= 0.6 is 0 Å². The zero-order valence-electron chi connectivity index (χ0n) is 45.3. The number of ketones is 2. The molecule has 0 unspecified atom stereocenters. The summed E-state index contributed by atoms with van der Waals surface area (Å²) in [5.74, 6) is -1.66. The van der Waals surface area contributed by atoms with Gasteiger partial charge < -0.3 is 41.7 Å². The van der Waals surface area contributed by atoms with Gasteiger partial charge in [0.2, 0.25) is 35.4 Å². The number of amides is 6. The van der Waals surface area contributed by atoms with Gasteiger partial charge in [-0.2, -0.15) is 0 Å². The van der Waals surface area contributed by atoms with Crippen LogP contribution in [0, 0.1) is 0 Å². The lowest BCUT2D eigenvalue weighted by molar-refractivity contribution is -0.142. The summed E-state index contributed by atoms with van der Waals surface area (Å²) in [5.41, 5.74) is 5.64. The summed E-state index contributed by atoms with van der Waals surface area (Å²) in [6.07, 6.45) is 12.8. The number of Topliss-reactive ketones (excluding diaryl/α,β-unsaturated/α-hetero) is 2. The molecule has 2 fully saturated rings. The highest BCUT2D eigenvalue weighted by atomic mass is 16.2. The predicted molar refractivity (Wildman–Crippen MR) is 292 cm³/mol. The minimum Gasteiger partial charge on any atom is -0.347 e. The number of fused-ring (bicyclic) bond motifs is 2. The van der Waals surface area contributed by atoms with Crippen LogP contribution in [0.15, 0.2) is 72.8 Å². The zero-order valence-corrected chi connectivity index (χ0v) is 45.3. The van der Waals surface area contributed by atoms with Crippen molar-refractivity contribution in [3.05, 3.63) is 106 Å². The number of hydrogen-bond donors (Lipinski definition) is 6. The molecule has 6 amide bonds. The molecule has 0 aromatic heterocycles. The van der Waals surface area contributed by atoms with Gasteiger partial charge in [-0.15, -0.1) is 0 Å². The van der Waals surface area contributed by atoms with E-state index >= 15 is 0 Å². The molecule has 76 heavy (non-hydrogen) atoms. The molecule has 2 saturated heterocycles. The molecule has 4 aliphatic rings.